The summed E-state index contributed by atoms with van der Waals surface area (Å²) in [4.78, 5) is 4.40. The molecule has 3 heteroatoms. The van der Waals surface area contributed by atoms with E-state index in [1.807, 2.05) is 12.1 Å². The molecule has 3 rings (SSSR count). The molecule has 0 aliphatic carbocycles. The molecule has 0 spiro atoms. The molecule has 1 heterocycles. The molecule has 0 aliphatic heterocycles. The molecular weight excluding hydrogens is 301 g/mol. The second-order valence-electron chi connectivity index (χ2n) is 5.69. The van der Waals surface area contributed by atoms with Crippen LogP contribution < -0.4 is 0 Å². The molecule has 0 atom stereocenters. The van der Waals surface area contributed by atoms with Gasteiger partial charge in [0.05, 0.1) is 18.5 Å². The van der Waals surface area contributed by atoms with E-state index in [2.05, 4.69) is 42.2 Å². The average Bonchev–Trinajstić information content (AvgIpc) is 2.61. The first-order chi connectivity index (χ1) is 11.6. The standard InChI is InChI=1S/C21H20FNO/c1-4-6-21(24-3)16-10-9-15-7-5-8-17(18(15)13-16)20-12-11-19(22)14(2)23-20/h5-13H,4H2,1-3H3/b21-6+. The van der Waals surface area contributed by atoms with Crippen molar-refractivity contribution < 1.29 is 9.13 Å². The second kappa shape index (κ2) is 6.83. The summed E-state index contributed by atoms with van der Waals surface area (Å²) in [6, 6.07) is 15.5. The minimum atomic E-state index is -0.285. The zero-order valence-electron chi connectivity index (χ0n) is 14.1. The Balaban J connectivity index is 2.21. The van der Waals surface area contributed by atoms with Gasteiger partial charge in [0, 0.05) is 11.1 Å². The van der Waals surface area contributed by atoms with Gasteiger partial charge in [0.15, 0.2) is 0 Å². The predicted molar refractivity (Wildman–Crippen MR) is 97.2 cm³/mol. The molecule has 0 fully saturated rings. The van der Waals surface area contributed by atoms with Crippen molar-refractivity contribution in [1.82, 2.24) is 4.98 Å². The van der Waals surface area contributed by atoms with Crippen molar-refractivity contribution in [1.29, 1.82) is 0 Å². The van der Waals surface area contributed by atoms with Crippen molar-refractivity contribution in [3.8, 4) is 11.3 Å². The molecule has 24 heavy (non-hydrogen) atoms. The number of nitrogens with zero attached hydrogens (tertiary/aromatic N) is 1. The number of methoxy groups -OCH3 is 1. The van der Waals surface area contributed by atoms with E-state index in [0.717, 1.165) is 39.8 Å². The van der Waals surface area contributed by atoms with Crippen molar-refractivity contribution in [3.05, 3.63) is 71.7 Å². The van der Waals surface area contributed by atoms with E-state index in [9.17, 15) is 4.39 Å². The highest BCUT2D eigenvalue weighted by atomic mass is 19.1. The lowest BCUT2D eigenvalue weighted by molar-refractivity contribution is 0.369. The van der Waals surface area contributed by atoms with Gasteiger partial charge < -0.3 is 4.74 Å². The first-order valence-electron chi connectivity index (χ1n) is 8.05. The maximum Gasteiger partial charge on any atom is 0.144 e. The molecule has 2 aromatic carbocycles. The maximum absolute atomic E-state index is 13.5. The van der Waals surface area contributed by atoms with E-state index in [4.69, 9.17) is 4.74 Å². The van der Waals surface area contributed by atoms with E-state index in [1.165, 1.54) is 6.07 Å². The van der Waals surface area contributed by atoms with Gasteiger partial charge in [-0.1, -0.05) is 37.3 Å². The Labute approximate surface area is 141 Å². The van der Waals surface area contributed by atoms with Crippen molar-refractivity contribution in [3.63, 3.8) is 0 Å². The van der Waals surface area contributed by atoms with Crippen molar-refractivity contribution in [2.24, 2.45) is 0 Å². The van der Waals surface area contributed by atoms with E-state index < -0.39 is 0 Å². The van der Waals surface area contributed by atoms with Crippen LogP contribution in [-0.2, 0) is 4.74 Å². The SMILES string of the molecule is CC/C=C(/OC)c1ccc2cccc(-c3ccc(F)c(C)n3)c2c1. The number of aromatic nitrogens is 1. The van der Waals surface area contributed by atoms with Crippen LogP contribution in [0.15, 0.2) is 54.6 Å². The van der Waals surface area contributed by atoms with Crippen molar-refractivity contribution >= 4 is 16.5 Å². The summed E-state index contributed by atoms with van der Waals surface area (Å²) >= 11 is 0. The number of ether oxygens (including phenoxy) is 1. The van der Waals surface area contributed by atoms with Gasteiger partial charge in [-0.15, -0.1) is 0 Å². The highest BCUT2D eigenvalue weighted by Crippen LogP contribution is 2.30. The Morgan fingerprint density at radius 1 is 1.17 bits per heavy atom. The molecule has 0 bridgehead atoms. The Morgan fingerprint density at radius 2 is 2.00 bits per heavy atom. The van der Waals surface area contributed by atoms with Crippen LogP contribution in [0.5, 0.6) is 0 Å². The lowest BCUT2D eigenvalue weighted by atomic mass is 9.98. The number of aryl methyl sites for hydroxylation is 1. The smallest absolute Gasteiger partial charge is 0.144 e. The van der Waals surface area contributed by atoms with Crippen LogP contribution in [0.2, 0.25) is 0 Å². The topological polar surface area (TPSA) is 22.1 Å². The molecule has 0 saturated carbocycles. The lowest BCUT2D eigenvalue weighted by Crippen LogP contribution is -1.93. The van der Waals surface area contributed by atoms with Crippen LogP contribution in [0, 0.1) is 12.7 Å². The summed E-state index contributed by atoms with van der Waals surface area (Å²) in [5.74, 6) is 0.574. The van der Waals surface area contributed by atoms with Gasteiger partial charge in [-0.25, -0.2) is 4.39 Å². The minimum Gasteiger partial charge on any atom is -0.496 e. The van der Waals surface area contributed by atoms with Crippen LogP contribution in [0.4, 0.5) is 4.39 Å². The maximum atomic E-state index is 13.5. The molecule has 2 nitrogen and oxygen atoms in total. The van der Waals surface area contributed by atoms with Crippen molar-refractivity contribution in [2.45, 2.75) is 20.3 Å². The zero-order chi connectivity index (χ0) is 17.1. The number of benzene rings is 2. The predicted octanol–water partition coefficient (Wildman–Crippen LogP) is 5.75. The molecule has 122 valence electrons. The third-order valence-electron chi connectivity index (χ3n) is 4.07. The number of halogens is 1. The molecule has 0 amide bonds. The molecular formula is C21H20FNO. The molecule has 0 radical (unpaired) electrons. The van der Waals surface area contributed by atoms with Crippen LogP contribution in [0.25, 0.3) is 27.8 Å². The van der Waals surface area contributed by atoms with Crippen LogP contribution in [0.1, 0.15) is 24.6 Å². The summed E-state index contributed by atoms with van der Waals surface area (Å²) in [7, 11) is 1.68. The first-order valence-corrected chi connectivity index (χ1v) is 8.05. The highest BCUT2D eigenvalue weighted by Gasteiger charge is 2.09. The van der Waals surface area contributed by atoms with Gasteiger partial charge in [0.1, 0.15) is 11.6 Å². The number of fused-ring (bicyclic) bond motifs is 1. The number of pyridine rings is 1. The number of hydrogen-bond acceptors (Lipinski definition) is 2. The normalized spacial score (nSPS) is 11.8. The summed E-state index contributed by atoms with van der Waals surface area (Å²) in [5, 5.41) is 2.19. The third-order valence-corrected chi connectivity index (χ3v) is 4.07. The van der Waals surface area contributed by atoms with Crippen LogP contribution in [-0.4, -0.2) is 12.1 Å². The minimum absolute atomic E-state index is 0.285. The van der Waals surface area contributed by atoms with Gasteiger partial charge in [-0.3, -0.25) is 4.98 Å². The molecule has 0 saturated heterocycles. The molecule has 0 aliphatic rings. The monoisotopic (exact) mass is 321 g/mol. The van der Waals surface area contributed by atoms with E-state index in [1.54, 1.807) is 20.1 Å². The Hall–Kier alpha value is -2.68. The Kier molecular flexibility index (Phi) is 4.61. The first kappa shape index (κ1) is 16.2. The molecule has 3 aromatic rings. The summed E-state index contributed by atoms with van der Waals surface area (Å²) < 4.78 is 19.0. The number of rotatable bonds is 4. The van der Waals surface area contributed by atoms with Crippen molar-refractivity contribution in [2.75, 3.05) is 7.11 Å². The lowest BCUT2D eigenvalue weighted by Gasteiger charge is -2.11. The van der Waals surface area contributed by atoms with E-state index in [0.29, 0.717) is 5.69 Å². The molecule has 0 unspecified atom stereocenters. The van der Waals surface area contributed by atoms with E-state index in [-0.39, 0.29) is 5.82 Å². The number of allylic oxidation sites excluding steroid dienone is 1. The second-order valence-corrected chi connectivity index (χ2v) is 5.69. The third kappa shape index (κ3) is 3.02. The van der Waals surface area contributed by atoms with Crippen LogP contribution in [0.3, 0.4) is 0 Å². The van der Waals surface area contributed by atoms with Gasteiger partial charge in [0.2, 0.25) is 0 Å². The fraction of sp³-hybridized carbons (Fsp3) is 0.190. The van der Waals surface area contributed by atoms with Gasteiger partial charge >= 0.3 is 0 Å². The van der Waals surface area contributed by atoms with Gasteiger partial charge in [-0.2, -0.15) is 0 Å². The fourth-order valence-corrected chi connectivity index (χ4v) is 2.85. The summed E-state index contributed by atoms with van der Waals surface area (Å²) in [6.45, 7) is 3.76. The zero-order valence-corrected chi connectivity index (χ0v) is 14.1. The molecule has 1 aromatic heterocycles. The Bertz CT molecular complexity index is 915. The largest absolute Gasteiger partial charge is 0.496 e. The van der Waals surface area contributed by atoms with E-state index >= 15 is 0 Å². The number of hydrogen-bond donors (Lipinski definition) is 0. The fourth-order valence-electron chi connectivity index (χ4n) is 2.85. The quantitative estimate of drug-likeness (QED) is 0.571. The van der Waals surface area contributed by atoms with Gasteiger partial charge in [-0.05, 0) is 48.4 Å². The van der Waals surface area contributed by atoms with Gasteiger partial charge in [0.25, 0.3) is 0 Å². The molecule has 0 N–H and O–H groups in total. The summed E-state index contributed by atoms with van der Waals surface area (Å²) in [5.41, 5.74) is 3.20. The average molecular weight is 321 g/mol. The summed E-state index contributed by atoms with van der Waals surface area (Å²) in [6.07, 6.45) is 2.96. The van der Waals surface area contributed by atoms with Crippen LogP contribution >= 0.6 is 0 Å². The highest BCUT2D eigenvalue weighted by molar-refractivity contribution is 5.97. The Morgan fingerprint density at radius 3 is 2.71 bits per heavy atom.